The molecule has 1 rings (SSSR count). The van der Waals surface area contributed by atoms with E-state index in [4.69, 9.17) is 9.84 Å². The molecule has 1 saturated heterocycles. The van der Waals surface area contributed by atoms with Crippen LogP contribution in [0.15, 0.2) is 0 Å². The lowest BCUT2D eigenvalue weighted by Crippen LogP contribution is -2.37. The topological polar surface area (TPSA) is 61.8 Å². The monoisotopic (exact) mass is 230 g/mol. The van der Waals surface area contributed by atoms with Gasteiger partial charge in [-0.05, 0) is 18.8 Å². The van der Waals surface area contributed by atoms with Gasteiger partial charge in [0.2, 0.25) is 5.91 Å². The van der Waals surface area contributed by atoms with E-state index in [-0.39, 0.29) is 12.5 Å². The predicted molar refractivity (Wildman–Crippen MR) is 61.1 cm³/mol. The fourth-order valence-electron chi connectivity index (χ4n) is 1.96. The van der Waals surface area contributed by atoms with E-state index in [0.717, 1.165) is 25.9 Å². The Balaban J connectivity index is 2.13. The second-order valence-electron chi connectivity index (χ2n) is 4.18. The average molecular weight is 230 g/mol. The molecule has 0 saturated carbocycles. The first-order chi connectivity index (χ1) is 7.77. The zero-order chi connectivity index (χ0) is 11.8. The number of ether oxygens (including phenoxy) is 1. The zero-order valence-corrected chi connectivity index (χ0v) is 9.95. The lowest BCUT2D eigenvalue weighted by molar-refractivity contribution is -0.129. The van der Waals surface area contributed by atoms with Gasteiger partial charge in [-0.25, -0.2) is 0 Å². The van der Waals surface area contributed by atoms with E-state index in [1.54, 1.807) is 7.11 Å². The summed E-state index contributed by atoms with van der Waals surface area (Å²) >= 11 is 0. The standard InChI is InChI=1S/C11H22N2O3/c1-16-7-4-12-8-11(15)13-5-2-10(9-13)3-6-14/h10,12,14H,2-9H2,1H3. The summed E-state index contributed by atoms with van der Waals surface area (Å²) in [6, 6.07) is 0. The second kappa shape index (κ2) is 7.60. The van der Waals surface area contributed by atoms with Gasteiger partial charge in [0.15, 0.2) is 0 Å². The fraction of sp³-hybridized carbons (Fsp3) is 0.909. The molecule has 5 heteroatoms. The third-order valence-electron chi connectivity index (χ3n) is 2.94. The van der Waals surface area contributed by atoms with Gasteiger partial charge >= 0.3 is 0 Å². The smallest absolute Gasteiger partial charge is 0.236 e. The average Bonchev–Trinajstić information content (AvgIpc) is 2.73. The number of amides is 1. The highest BCUT2D eigenvalue weighted by Gasteiger charge is 2.25. The summed E-state index contributed by atoms with van der Waals surface area (Å²) in [5, 5.41) is 11.9. The van der Waals surface area contributed by atoms with Gasteiger partial charge in [-0.15, -0.1) is 0 Å². The summed E-state index contributed by atoms with van der Waals surface area (Å²) in [7, 11) is 1.64. The maximum absolute atomic E-state index is 11.7. The van der Waals surface area contributed by atoms with Crippen molar-refractivity contribution in [3.05, 3.63) is 0 Å². The fourth-order valence-corrected chi connectivity index (χ4v) is 1.96. The normalized spacial score (nSPS) is 20.4. The molecule has 1 heterocycles. The van der Waals surface area contributed by atoms with E-state index >= 15 is 0 Å². The molecule has 16 heavy (non-hydrogen) atoms. The van der Waals surface area contributed by atoms with Gasteiger partial charge in [0, 0.05) is 33.4 Å². The number of nitrogens with zero attached hydrogens (tertiary/aromatic N) is 1. The summed E-state index contributed by atoms with van der Waals surface area (Å²) in [5.41, 5.74) is 0. The summed E-state index contributed by atoms with van der Waals surface area (Å²) in [6.07, 6.45) is 1.82. The number of carbonyl (C=O) groups is 1. The van der Waals surface area contributed by atoms with Crippen LogP contribution in [0.3, 0.4) is 0 Å². The molecular weight excluding hydrogens is 208 g/mol. The van der Waals surface area contributed by atoms with E-state index in [2.05, 4.69) is 5.32 Å². The number of methoxy groups -OCH3 is 1. The molecular formula is C11H22N2O3. The number of aliphatic hydroxyl groups is 1. The molecule has 0 aliphatic carbocycles. The Morgan fingerprint density at radius 1 is 1.62 bits per heavy atom. The third-order valence-corrected chi connectivity index (χ3v) is 2.94. The second-order valence-corrected chi connectivity index (χ2v) is 4.18. The minimum atomic E-state index is 0.150. The third kappa shape index (κ3) is 4.47. The lowest BCUT2D eigenvalue weighted by atomic mass is 10.1. The summed E-state index contributed by atoms with van der Waals surface area (Å²) in [6.45, 7) is 3.56. The van der Waals surface area contributed by atoms with Gasteiger partial charge in [0.25, 0.3) is 0 Å². The summed E-state index contributed by atoms with van der Waals surface area (Å²) < 4.78 is 4.88. The van der Waals surface area contributed by atoms with Crippen LogP contribution < -0.4 is 5.32 Å². The molecule has 0 bridgehead atoms. The number of hydrogen-bond acceptors (Lipinski definition) is 4. The van der Waals surface area contributed by atoms with Crippen LogP contribution in [-0.2, 0) is 9.53 Å². The van der Waals surface area contributed by atoms with Gasteiger partial charge < -0.3 is 20.1 Å². The predicted octanol–water partition coefficient (Wildman–Crippen LogP) is -0.547. The number of likely N-dealkylation sites (tertiary alicyclic amines) is 1. The number of aliphatic hydroxyl groups excluding tert-OH is 1. The van der Waals surface area contributed by atoms with E-state index in [1.807, 2.05) is 4.90 Å². The molecule has 94 valence electrons. The number of hydrogen-bond donors (Lipinski definition) is 2. The zero-order valence-electron chi connectivity index (χ0n) is 9.95. The summed E-state index contributed by atoms with van der Waals surface area (Å²) in [5.74, 6) is 0.629. The molecule has 5 nitrogen and oxygen atoms in total. The highest BCUT2D eigenvalue weighted by Crippen LogP contribution is 2.18. The molecule has 0 aromatic carbocycles. The molecule has 1 atom stereocenters. The Kier molecular flexibility index (Phi) is 6.37. The van der Waals surface area contributed by atoms with E-state index in [9.17, 15) is 4.79 Å². The highest BCUT2D eigenvalue weighted by molar-refractivity contribution is 5.78. The van der Waals surface area contributed by atoms with E-state index in [1.165, 1.54) is 0 Å². The van der Waals surface area contributed by atoms with Crippen molar-refractivity contribution < 1.29 is 14.6 Å². The quantitative estimate of drug-likeness (QED) is 0.576. The van der Waals surface area contributed by atoms with Crippen molar-refractivity contribution in [3.8, 4) is 0 Å². The molecule has 0 aromatic heterocycles. The van der Waals surface area contributed by atoms with Crippen molar-refractivity contribution in [1.82, 2.24) is 10.2 Å². The first-order valence-electron chi connectivity index (χ1n) is 5.86. The van der Waals surface area contributed by atoms with Crippen LogP contribution >= 0.6 is 0 Å². The SMILES string of the molecule is COCCNCC(=O)N1CCC(CCO)C1. The Labute approximate surface area is 96.8 Å². The maximum atomic E-state index is 11.7. The van der Waals surface area contributed by atoms with Gasteiger partial charge in [-0.2, -0.15) is 0 Å². The van der Waals surface area contributed by atoms with Crippen molar-refractivity contribution in [1.29, 1.82) is 0 Å². The molecule has 1 aliphatic heterocycles. The van der Waals surface area contributed by atoms with Crippen LogP contribution in [-0.4, -0.2) is 62.4 Å². The van der Waals surface area contributed by atoms with E-state index < -0.39 is 0 Å². The van der Waals surface area contributed by atoms with Gasteiger partial charge in [-0.1, -0.05) is 0 Å². The van der Waals surface area contributed by atoms with Crippen LogP contribution in [0, 0.1) is 5.92 Å². The Bertz CT molecular complexity index is 211. The van der Waals surface area contributed by atoms with Crippen molar-refractivity contribution in [2.45, 2.75) is 12.8 Å². The molecule has 1 fully saturated rings. The molecule has 1 aliphatic rings. The molecule has 2 N–H and O–H groups in total. The Morgan fingerprint density at radius 2 is 2.44 bits per heavy atom. The van der Waals surface area contributed by atoms with Crippen LogP contribution in [0.1, 0.15) is 12.8 Å². The Morgan fingerprint density at radius 3 is 3.12 bits per heavy atom. The largest absolute Gasteiger partial charge is 0.396 e. The van der Waals surface area contributed by atoms with Crippen LogP contribution in [0.2, 0.25) is 0 Å². The summed E-state index contributed by atoms with van der Waals surface area (Å²) in [4.78, 5) is 13.6. The minimum Gasteiger partial charge on any atom is -0.396 e. The molecule has 0 aromatic rings. The van der Waals surface area contributed by atoms with Crippen molar-refractivity contribution in [3.63, 3.8) is 0 Å². The molecule has 1 amide bonds. The number of rotatable bonds is 7. The van der Waals surface area contributed by atoms with Crippen molar-refractivity contribution in [2.24, 2.45) is 5.92 Å². The molecule has 0 spiro atoms. The maximum Gasteiger partial charge on any atom is 0.236 e. The highest BCUT2D eigenvalue weighted by atomic mass is 16.5. The Hall–Kier alpha value is -0.650. The van der Waals surface area contributed by atoms with Crippen LogP contribution in [0.4, 0.5) is 0 Å². The van der Waals surface area contributed by atoms with Gasteiger partial charge in [0.05, 0.1) is 13.2 Å². The van der Waals surface area contributed by atoms with E-state index in [0.29, 0.717) is 25.6 Å². The van der Waals surface area contributed by atoms with Gasteiger partial charge in [-0.3, -0.25) is 4.79 Å². The van der Waals surface area contributed by atoms with Crippen LogP contribution in [0.25, 0.3) is 0 Å². The minimum absolute atomic E-state index is 0.150. The van der Waals surface area contributed by atoms with Crippen molar-refractivity contribution >= 4 is 5.91 Å². The first kappa shape index (κ1) is 13.4. The molecule has 1 unspecified atom stereocenters. The van der Waals surface area contributed by atoms with Crippen LogP contribution in [0.5, 0.6) is 0 Å². The number of carbonyl (C=O) groups excluding carboxylic acids is 1. The molecule has 0 radical (unpaired) electrons. The lowest BCUT2D eigenvalue weighted by Gasteiger charge is -2.16. The van der Waals surface area contributed by atoms with Crippen molar-refractivity contribution in [2.75, 3.05) is 46.5 Å². The first-order valence-corrected chi connectivity index (χ1v) is 5.86. The number of nitrogens with one attached hydrogen (secondary N) is 1. The van der Waals surface area contributed by atoms with Gasteiger partial charge in [0.1, 0.15) is 0 Å².